The first-order valence-corrected chi connectivity index (χ1v) is 8.47. The number of rotatable bonds is 6. The second-order valence-corrected chi connectivity index (χ2v) is 6.29. The number of guanidine groups is 1. The number of aryl methyl sites for hydroxylation is 1. The third-order valence-corrected chi connectivity index (χ3v) is 4.78. The average Bonchev–Trinajstić information content (AvgIpc) is 3.13. The number of aromatic nitrogens is 1. The molecule has 20 heavy (non-hydrogen) atoms. The highest BCUT2D eigenvalue weighted by atomic mass is 32.1. The Morgan fingerprint density at radius 2 is 2.30 bits per heavy atom. The van der Waals surface area contributed by atoms with Crippen LogP contribution in [0.3, 0.4) is 0 Å². The lowest BCUT2D eigenvalue weighted by Gasteiger charge is -2.10. The maximum atomic E-state index is 4.42. The molecule has 0 aromatic carbocycles. The molecule has 108 valence electrons. The lowest BCUT2D eigenvalue weighted by Crippen LogP contribution is -2.37. The van der Waals surface area contributed by atoms with Crippen molar-refractivity contribution in [2.24, 2.45) is 4.99 Å². The van der Waals surface area contributed by atoms with Crippen LogP contribution < -0.4 is 10.6 Å². The van der Waals surface area contributed by atoms with E-state index >= 15 is 0 Å². The molecule has 2 aromatic heterocycles. The highest BCUT2D eigenvalue weighted by Crippen LogP contribution is 2.13. The fourth-order valence-corrected chi connectivity index (χ4v) is 3.25. The van der Waals surface area contributed by atoms with Gasteiger partial charge < -0.3 is 10.6 Å². The monoisotopic (exact) mass is 308 g/mol. The van der Waals surface area contributed by atoms with Crippen LogP contribution in [0.1, 0.15) is 22.4 Å². The number of thiophene rings is 1. The number of nitrogens with zero attached hydrogens (tertiary/aromatic N) is 2. The third kappa shape index (κ3) is 4.61. The Hall–Kier alpha value is -1.40. The van der Waals surface area contributed by atoms with E-state index in [1.165, 1.54) is 15.4 Å². The van der Waals surface area contributed by atoms with Gasteiger partial charge in [0.25, 0.3) is 0 Å². The summed E-state index contributed by atoms with van der Waals surface area (Å²) in [5.41, 5.74) is 1.28. The second-order valence-electron chi connectivity index (χ2n) is 4.31. The van der Waals surface area contributed by atoms with Gasteiger partial charge in [-0.2, -0.15) is 11.3 Å². The van der Waals surface area contributed by atoms with Gasteiger partial charge in [-0.3, -0.25) is 4.99 Å². The van der Waals surface area contributed by atoms with Crippen LogP contribution in [0, 0.1) is 0 Å². The summed E-state index contributed by atoms with van der Waals surface area (Å²) in [6.07, 6.45) is 3.97. The number of nitrogens with one attached hydrogen (secondary N) is 2. The Kier molecular flexibility index (Phi) is 6.01. The lowest BCUT2D eigenvalue weighted by molar-refractivity contribution is 0.793. The van der Waals surface area contributed by atoms with E-state index in [0.29, 0.717) is 0 Å². The molecule has 0 unspecified atom stereocenters. The Morgan fingerprint density at radius 3 is 2.95 bits per heavy atom. The Bertz CT molecular complexity index is 531. The van der Waals surface area contributed by atoms with Crippen LogP contribution in [-0.2, 0) is 19.4 Å². The molecule has 0 aliphatic rings. The van der Waals surface area contributed by atoms with Crippen molar-refractivity contribution in [3.8, 4) is 0 Å². The SMILES string of the molecule is CCc1cnc(CCNC(=NC)NCc2ccsc2)s1. The van der Waals surface area contributed by atoms with Crippen molar-refractivity contribution in [2.75, 3.05) is 13.6 Å². The zero-order valence-electron chi connectivity index (χ0n) is 11.8. The number of aliphatic imine (C=N–C) groups is 1. The molecule has 2 N–H and O–H groups in total. The summed E-state index contributed by atoms with van der Waals surface area (Å²) in [6.45, 7) is 3.81. The van der Waals surface area contributed by atoms with Gasteiger partial charge in [-0.05, 0) is 28.8 Å². The van der Waals surface area contributed by atoms with Crippen LogP contribution in [0.25, 0.3) is 0 Å². The van der Waals surface area contributed by atoms with Gasteiger partial charge in [-0.1, -0.05) is 6.92 Å². The van der Waals surface area contributed by atoms with E-state index < -0.39 is 0 Å². The molecule has 2 heterocycles. The number of hydrogen-bond acceptors (Lipinski definition) is 4. The predicted molar refractivity (Wildman–Crippen MR) is 87.7 cm³/mol. The topological polar surface area (TPSA) is 49.3 Å². The molecule has 2 aromatic rings. The molecular formula is C14H20N4S2. The van der Waals surface area contributed by atoms with E-state index in [0.717, 1.165) is 31.9 Å². The summed E-state index contributed by atoms with van der Waals surface area (Å²) in [5, 5.41) is 12.0. The first kappa shape index (κ1) is 15.0. The minimum atomic E-state index is 0.806. The molecule has 0 saturated heterocycles. The van der Waals surface area contributed by atoms with E-state index in [2.05, 4.69) is 44.4 Å². The molecular weight excluding hydrogens is 288 g/mol. The van der Waals surface area contributed by atoms with Crippen molar-refractivity contribution in [1.29, 1.82) is 0 Å². The van der Waals surface area contributed by atoms with E-state index in [1.54, 1.807) is 29.7 Å². The largest absolute Gasteiger partial charge is 0.356 e. The summed E-state index contributed by atoms with van der Waals surface area (Å²) >= 11 is 3.50. The van der Waals surface area contributed by atoms with Crippen molar-refractivity contribution < 1.29 is 0 Å². The second kappa shape index (κ2) is 8.01. The Labute approximate surface area is 128 Å². The molecule has 0 atom stereocenters. The summed E-state index contributed by atoms with van der Waals surface area (Å²) in [7, 11) is 1.79. The molecule has 2 rings (SSSR count). The predicted octanol–water partition coefficient (Wildman–Crippen LogP) is 2.67. The first-order chi connectivity index (χ1) is 9.81. The highest BCUT2D eigenvalue weighted by molar-refractivity contribution is 7.11. The number of thiazole rings is 1. The summed E-state index contributed by atoms with van der Waals surface area (Å²) < 4.78 is 0. The maximum Gasteiger partial charge on any atom is 0.191 e. The normalized spacial score (nSPS) is 11.6. The van der Waals surface area contributed by atoms with Crippen LogP contribution in [-0.4, -0.2) is 24.5 Å². The summed E-state index contributed by atoms with van der Waals surface area (Å²) in [4.78, 5) is 9.98. The van der Waals surface area contributed by atoms with Gasteiger partial charge in [0.2, 0.25) is 0 Å². The van der Waals surface area contributed by atoms with Crippen molar-refractivity contribution in [1.82, 2.24) is 15.6 Å². The minimum Gasteiger partial charge on any atom is -0.356 e. The van der Waals surface area contributed by atoms with Gasteiger partial charge in [0.05, 0.1) is 5.01 Å². The zero-order valence-corrected chi connectivity index (χ0v) is 13.5. The van der Waals surface area contributed by atoms with Gasteiger partial charge in [-0.25, -0.2) is 4.98 Å². The minimum absolute atomic E-state index is 0.806. The molecule has 4 nitrogen and oxygen atoms in total. The Morgan fingerprint density at radius 1 is 1.40 bits per heavy atom. The summed E-state index contributed by atoms with van der Waals surface area (Å²) in [5.74, 6) is 0.837. The lowest BCUT2D eigenvalue weighted by atomic mass is 10.3. The van der Waals surface area contributed by atoms with E-state index in [9.17, 15) is 0 Å². The molecule has 0 radical (unpaired) electrons. The number of hydrogen-bond donors (Lipinski definition) is 2. The molecule has 0 aliphatic carbocycles. The van der Waals surface area contributed by atoms with Gasteiger partial charge >= 0.3 is 0 Å². The van der Waals surface area contributed by atoms with Crippen molar-refractivity contribution >= 4 is 28.6 Å². The fourth-order valence-electron chi connectivity index (χ4n) is 1.71. The quantitative estimate of drug-likeness (QED) is 0.637. The average molecular weight is 308 g/mol. The van der Waals surface area contributed by atoms with Crippen LogP contribution in [0.2, 0.25) is 0 Å². The van der Waals surface area contributed by atoms with Crippen LogP contribution >= 0.6 is 22.7 Å². The standard InChI is InChI=1S/C14H20N4S2/c1-3-12-9-17-13(20-12)4-6-16-14(15-2)18-8-11-5-7-19-10-11/h5,7,9-10H,3-4,6,8H2,1-2H3,(H2,15,16,18). The van der Waals surface area contributed by atoms with Gasteiger partial charge in [0.15, 0.2) is 5.96 Å². The van der Waals surface area contributed by atoms with Gasteiger partial charge in [0, 0.05) is 37.6 Å². The molecule has 0 spiro atoms. The van der Waals surface area contributed by atoms with Crippen molar-refractivity contribution in [3.63, 3.8) is 0 Å². The smallest absolute Gasteiger partial charge is 0.191 e. The molecule has 0 aliphatic heterocycles. The van der Waals surface area contributed by atoms with Gasteiger partial charge in [-0.15, -0.1) is 11.3 Å². The summed E-state index contributed by atoms with van der Waals surface area (Å²) in [6, 6.07) is 2.12. The van der Waals surface area contributed by atoms with E-state index in [1.807, 2.05) is 6.20 Å². The molecule has 0 saturated carbocycles. The third-order valence-electron chi connectivity index (χ3n) is 2.84. The van der Waals surface area contributed by atoms with E-state index in [-0.39, 0.29) is 0 Å². The molecule has 6 heteroatoms. The fraction of sp³-hybridized carbons (Fsp3) is 0.429. The van der Waals surface area contributed by atoms with Gasteiger partial charge in [0.1, 0.15) is 0 Å². The molecule has 0 fully saturated rings. The van der Waals surface area contributed by atoms with Crippen LogP contribution in [0.4, 0.5) is 0 Å². The van der Waals surface area contributed by atoms with Crippen LogP contribution in [0.15, 0.2) is 28.0 Å². The van der Waals surface area contributed by atoms with E-state index in [4.69, 9.17) is 0 Å². The highest BCUT2D eigenvalue weighted by Gasteiger charge is 2.02. The molecule has 0 bridgehead atoms. The Balaban J connectivity index is 1.71. The first-order valence-electron chi connectivity index (χ1n) is 6.71. The molecule has 0 amide bonds. The van der Waals surface area contributed by atoms with Crippen molar-refractivity contribution in [2.45, 2.75) is 26.3 Å². The zero-order chi connectivity index (χ0) is 14.2. The van der Waals surface area contributed by atoms with Crippen LogP contribution in [0.5, 0.6) is 0 Å². The maximum absolute atomic E-state index is 4.42. The van der Waals surface area contributed by atoms with Crippen molar-refractivity contribution in [3.05, 3.63) is 38.5 Å².